The lowest BCUT2D eigenvalue weighted by Gasteiger charge is -2.32. The van der Waals surface area contributed by atoms with Crippen molar-refractivity contribution in [2.24, 2.45) is 11.0 Å². The molecule has 0 bridgehead atoms. The molecule has 26 heavy (non-hydrogen) atoms. The van der Waals surface area contributed by atoms with Gasteiger partial charge in [-0.1, -0.05) is 13.8 Å². The lowest BCUT2D eigenvalue weighted by molar-refractivity contribution is -0.297. The van der Waals surface area contributed by atoms with Gasteiger partial charge in [0.15, 0.2) is 0 Å². The van der Waals surface area contributed by atoms with Gasteiger partial charge in [0.05, 0.1) is 0 Å². The van der Waals surface area contributed by atoms with Crippen LogP contribution in [-0.2, 0) is 0 Å². The van der Waals surface area contributed by atoms with Crippen molar-refractivity contribution in [1.82, 2.24) is 5.01 Å². The van der Waals surface area contributed by atoms with Crippen molar-refractivity contribution in [2.75, 3.05) is 19.0 Å². The quantitative estimate of drug-likeness (QED) is 0.860. The van der Waals surface area contributed by atoms with Crippen molar-refractivity contribution in [3.05, 3.63) is 29.8 Å². The molecular formula is C18H24F3N3O2. The van der Waals surface area contributed by atoms with Gasteiger partial charge in [0.2, 0.25) is 0 Å². The van der Waals surface area contributed by atoms with E-state index in [0.29, 0.717) is 12.8 Å². The van der Waals surface area contributed by atoms with Crippen LogP contribution in [0.25, 0.3) is 0 Å². The predicted molar refractivity (Wildman–Crippen MR) is 94.1 cm³/mol. The van der Waals surface area contributed by atoms with E-state index in [2.05, 4.69) is 5.10 Å². The molecule has 2 rings (SSSR count). The molecule has 0 fully saturated rings. The smallest absolute Gasteiger partial charge is 0.378 e. The summed E-state index contributed by atoms with van der Waals surface area (Å²) in [7, 11) is 3.62. The van der Waals surface area contributed by atoms with E-state index >= 15 is 0 Å². The van der Waals surface area contributed by atoms with E-state index in [-0.39, 0.29) is 22.2 Å². The largest absolute Gasteiger partial charge is 0.438 e. The normalized spacial score (nSPS) is 20.5. The molecule has 0 unspecified atom stereocenters. The van der Waals surface area contributed by atoms with Gasteiger partial charge in [-0.15, -0.1) is 0 Å². The average Bonchev–Trinajstić information content (AvgIpc) is 2.90. The van der Waals surface area contributed by atoms with Gasteiger partial charge in [-0.3, -0.25) is 4.79 Å². The summed E-state index contributed by atoms with van der Waals surface area (Å²) < 4.78 is 40.5. The van der Waals surface area contributed by atoms with E-state index in [1.165, 1.54) is 12.1 Å². The van der Waals surface area contributed by atoms with Crippen LogP contribution >= 0.6 is 0 Å². The molecule has 1 aromatic carbocycles. The Hall–Kier alpha value is -2.09. The van der Waals surface area contributed by atoms with Crippen LogP contribution in [0, 0.1) is 5.92 Å². The highest BCUT2D eigenvalue weighted by Gasteiger charge is 2.63. The molecule has 5 nitrogen and oxygen atoms in total. The van der Waals surface area contributed by atoms with Gasteiger partial charge in [-0.25, -0.2) is 0 Å². The summed E-state index contributed by atoms with van der Waals surface area (Å²) in [6.45, 7) is 3.89. The number of nitrogens with zero attached hydrogens (tertiary/aromatic N) is 3. The molecule has 0 radical (unpaired) electrons. The number of rotatable bonds is 5. The fraction of sp³-hybridized carbons (Fsp3) is 0.556. The van der Waals surface area contributed by atoms with Crippen LogP contribution in [0.4, 0.5) is 18.9 Å². The Labute approximate surface area is 151 Å². The maximum absolute atomic E-state index is 13.5. The number of amides is 1. The van der Waals surface area contributed by atoms with Crippen molar-refractivity contribution >= 4 is 17.3 Å². The number of halogens is 3. The van der Waals surface area contributed by atoms with Crippen molar-refractivity contribution < 1.29 is 23.1 Å². The lowest BCUT2D eigenvalue weighted by atomic mass is 9.99. The minimum Gasteiger partial charge on any atom is -0.378 e. The number of carbonyl (C=O) groups is 1. The zero-order chi connectivity index (χ0) is 19.7. The molecule has 1 aliphatic heterocycles. The molecule has 1 aliphatic rings. The lowest BCUT2D eigenvalue weighted by Crippen LogP contribution is -2.56. The topological polar surface area (TPSA) is 56.1 Å². The van der Waals surface area contributed by atoms with Crippen LogP contribution < -0.4 is 4.90 Å². The van der Waals surface area contributed by atoms with Gasteiger partial charge >= 0.3 is 6.18 Å². The SMILES string of the molecule is CC(C)CCC1=NN(C(=O)c2ccc(N(C)C)cc2)[C@@](O)(C(F)(F)F)C1. The molecule has 0 saturated heterocycles. The zero-order valence-corrected chi connectivity index (χ0v) is 15.3. The van der Waals surface area contributed by atoms with Crippen LogP contribution in [0.15, 0.2) is 29.4 Å². The molecule has 0 aromatic heterocycles. The Kier molecular flexibility index (Phi) is 5.65. The fourth-order valence-corrected chi connectivity index (χ4v) is 2.67. The van der Waals surface area contributed by atoms with Crippen molar-refractivity contribution in [3.8, 4) is 0 Å². The predicted octanol–water partition coefficient (Wildman–Crippen LogP) is 3.64. The number of anilines is 1. The second-order valence-electron chi connectivity index (χ2n) is 7.15. The summed E-state index contributed by atoms with van der Waals surface area (Å²) in [5.41, 5.74) is -2.30. The molecular weight excluding hydrogens is 347 g/mol. The minimum absolute atomic E-state index is 0.0344. The van der Waals surface area contributed by atoms with Crippen LogP contribution in [-0.4, -0.2) is 47.7 Å². The summed E-state index contributed by atoms with van der Waals surface area (Å²) in [5, 5.41) is 14.3. The second-order valence-corrected chi connectivity index (χ2v) is 7.15. The summed E-state index contributed by atoms with van der Waals surface area (Å²) in [4.78, 5) is 14.4. The molecule has 144 valence electrons. The standard InChI is InChI=1S/C18H24F3N3O2/c1-12(2)5-8-14-11-17(26,18(19,20)21)24(22-14)16(25)13-6-9-15(10-7-13)23(3)4/h6-7,9-10,12,26H,5,8,11H2,1-4H3/t17-/m0/s1. The van der Waals surface area contributed by atoms with E-state index in [1.807, 2.05) is 27.9 Å². The minimum atomic E-state index is -5.00. The summed E-state index contributed by atoms with van der Waals surface area (Å²) in [6, 6.07) is 6.10. The first-order chi connectivity index (χ1) is 12.0. The van der Waals surface area contributed by atoms with Crippen molar-refractivity contribution in [3.63, 3.8) is 0 Å². The molecule has 0 spiro atoms. The van der Waals surface area contributed by atoms with Gasteiger partial charge in [-0.05, 0) is 43.0 Å². The van der Waals surface area contributed by atoms with Crippen LogP contribution in [0.3, 0.4) is 0 Å². The maximum atomic E-state index is 13.5. The monoisotopic (exact) mass is 371 g/mol. The van der Waals surface area contributed by atoms with Crippen molar-refractivity contribution in [1.29, 1.82) is 0 Å². The average molecular weight is 371 g/mol. The molecule has 1 amide bonds. The highest BCUT2D eigenvalue weighted by molar-refractivity contribution is 5.98. The highest BCUT2D eigenvalue weighted by Crippen LogP contribution is 2.41. The number of carbonyl (C=O) groups excluding carboxylic acids is 1. The Morgan fingerprint density at radius 1 is 1.31 bits per heavy atom. The number of hydrogen-bond acceptors (Lipinski definition) is 4. The number of hydrazone groups is 1. The molecule has 1 atom stereocenters. The first-order valence-electron chi connectivity index (χ1n) is 8.43. The summed E-state index contributed by atoms with van der Waals surface area (Å²) >= 11 is 0. The Morgan fingerprint density at radius 2 is 1.88 bits per heavy atom. The summed E-state index contributed by atoms with van der Waals surface area (Å²) in [5.74, 6) is -0.699. The third-order valence-electron chi connectivity index (χ3n) is 4.33. The van der Waals surface area contributed by atoms with Gasteiger partial charge < -0.3 is 10.0 Å². The maximum Gasteiger partial charge on any atom is 0.438 e. The third kappa shape index (κ3) is 4.00. The van der Waals surface area contributed by atoms with E-state index in [4.69, 9.17) is 0 Å². The highest BCUT2D eigenvalue weighted by atomic mass is 19.4. The number of aliphatic hydroxyl groups is 1. The summed E-state index contributed by atoms with van der Waals surface area (Å²) in [6.07, 6.45) is -4.79. The number of benzene rings is 1. The molecule has 1 aromatic rings. The third-order valence-corrected chi connectivity index (χ3v) is 4.33. The van der Waals surface area contributed by atoms with E-state index in [1.54, 1.807) is 17.0 Å². The first kappa shape index (κ1) is 20.2. The fourth-order valence-electron chi connectivity index (χ4n) is 2.67. The Balaban J connectivity index is 2.32. The Morgan fingerprint density at radius 3 is 2.35 bits per heavy atom. The Bertz CT molecular complexity index is 684. The zero-order valence-electron chi connectivity index (χ0n) is 15.3. The first-order valence-corrected chi connectivity index (χ1v) is 8.43. The van der Waals surface area contributed by atoms with Crippen molar-refractivity contribution in [2.45, 2.75) is 45.0 Å². The second kappa shape index (κ2) is 7.26. The van der Waals surface area contributed by atoms with Crippen LogP contribution in [0.5, 0.6) is 0 Å². The van der Waals surface area contributed by atoms with E-state index < -0.39 is 24.2 Å². The molecule has 8 heteroatoms. The molecule has 1 N–H and O–H groups in total. The van der Waals surface area contributed by atoms with Crippen LogP contribution in [0.2, 0.25) is 0 Å². The number of hydrogen-bond donors (Lipinski definition) is 1. The van der Waals surface area contributed by atoms with Gasteiger partial charge in [0, 0.05) is 37.5 Å². The van der Waals surface area contributed by atoms with Gasteiger partial charge in [0.25, 0.3) is 11.6 Å². The van der Waals surface area contributed by atoms with E-state index in [9.17, 15) is 23.1 Å². The molecule has 0 aliphatic carbocycles. The van der Waals surface area contributed by atoms with E-state index in [0.717, 1.165) is 5.69 Å². The molecule has 0 saturated carbocycles. The van der Waals surface area contributed by atoms with Gasteiger partial charge in [0.1, 0.15) is 0 Å². The van der Waals surface area contributed by atoms with Crippen LogP contribution in [0.1, 0.15) is 43.5 Å². The number of alkyl halides is 3. The molecule has 1 heterocycles. The van der Waals surface area contributed by atoms with Gasteiger partial charge in [-0.2, -0.15) is 23.3 Å².